The molecule has 6 heteroatoms. The summed E-state index contributed by atoms with van der Waals surface area (Å²) in [5.41, 5.74) is 6.93. The lowest BCUT2D eigenvalue weighted by Gasteiger charge is -2.25. The Balaban J connectivity index is 0.865. The van der Waals surface area contributed by atoms with Crippen LogP contribution in [-0.2, 0) is 0 Å². The van der Waals surface area contributed by atoms with Crippen LogP contribution in [0.4, 0.5) is 34.1 Å². The number of benzene rings is 10. The molecule has 0 N–H and O–H groups in total. The summed E-state index contributed by atoms with van der Waals surface area (Å²) in [4.78, 5) is 4.81. The Bertz CT molecular complexity index is 3890. The van der Waals surface area contributed by atoms with Crippen LogP contribution in [0, 0.1) is 0 Å². The first-order chi connectivity index (χ1) is 31.7. The second-order valence-corrected chi connectivity index (χ2v) is 20.8. The third-order valence-electron chi connectivity index (χ3n) is 12.8. The van der Waals surface area contributed by atoms with Gasteiger partial charge in [-0.05, 0) is 132 Å². The van der Waals surface area contributed by atoms with Crippen molar-refractivity contribution in [2.45, 2.75) is 0 Å². The summed E-state index contributed by atoms with van der Waals surface area (Å²) in [5.74, 6) is 0. The third kappa shape index (κ3) is 5.74. The number of anilines is 6. The van der Waals surface area contributed by atoms with E-state index in [-0.39, 0.29) is 0 Å². The standard InChI is InChI=1S/C58H34N2S4/c1-3-11-37(12-4-1)59(39-21-25-53-49(31-39)43-15-7-9-17-51(43)61-53)41-19-23-45-47-27-35-28-48-46-24-20-42(34-58(46)64-56(48)30-36(35)29-55(47)63-57(45)33-41)60(38-13-5-2-6-14-38)40-22-26-54-50(32-40)44-16-8-10-18-52(44)62-54/h1-34H. The molecule has 10 aromatic carbocycles. The first-order valence-electron chi connectivity index (χ1n) is 21.5. The van der Waals surface area contributed by atoms with Crippen molar-refractivity contribution in [2.24, 2.45) is 0 Å². The van der Waals surface area contributed by atoms with Gasteiger partial charge in [0.05, 0.1) is 0 Å². The van der Waals surface area contributed by atoms with E-state index in [1.54, 1.807) is 0 Å². The summed E-state index contributed by atoms with van der Waals surface area (Å²) in [6.45, 7) is 0. The van der Waals surface area contributed by atoms with E-state index in [0.29, 0.717) is 0 Å². The SMILES string of the molecule is c1ccc(N(c2ccc3c(c2)sc2cc4cc5sc6cc(N(c7ccccc7)c7ccc8sc9ccccc9c8c7)ccc6c5cc4cc23)c2ccc3sc4ccccc4c3c2)cc1. The normalized spacial score (nSPS) is 12.1. The van der Waals surface area contributed by atoms with Gasteiger partial charge < -0.3 is 9.80 Å². The highest BCUT2D eigenvalue weighted by molar-refractivity contribution is 7.27. The second-order valence-electron chi connectivity index (χ2n) is 16.5. The lowest BCUT2D eigenvalue weighted by atomic mass is 10.0. The van der Waals surface area contributed by atoms with Gasteiger partial charge in [0.15, 0.2) is 0 Å². The summed E-state index contributed by atoms with van der Waals surface area (Å²) in [7, 11) is 0. The van der Waals surface area contributed by atoms with Gasteiger partial charge in [-0.3, -0.25) is 0 Å². The molecule has 2 nitrogen and oxygen atoms in total. The van der Waals surface area contributed by atoms with Crippen molar-refractivity contribution < 1.29 is 0 Å². The minimum atomic E-state index is 1.15. The van der Waals surface area contributed by atoms with E-state index >= 15 is 0 Å². The van der Waals surface area contributed by atoms with E-state index in [9.17, 15) is 0 Å². The molecule has 0 aliphatic carbocycles. The number of hydrogen-bond donors (Lipinski definition) is 0. The Labute approximate surface area is 384 Å². The van der Waals surface area contributed by atoms with Crippen LogP contribution in [0.2, 0.25) is 0 Å². The molecule has 14 aromatic rings. The molecule has 0 saturated carbocycles. The molecular formula is C58H34N2S4. The highest BCUT2D eigenvalue weighted by atomic mass is 32.1. The molecule has 0 fully saturated rings. The zero-order valence-electron chi connectivity index (χ0n) is 34.2. The average molecular weight is 887 g/mol. The predicted molar refractivity (Wildman–Crippen MR) is 285 cm³/mol. The molecule has 0 radical (unpaired) electrons. The summed E-state index contributed by atoms with van der Waals surface area (Å²) in [5, 5.41) is 13.0. The Hall–Kier alpha value is -7.06. The van der Waals surface area contributed by atoms with Crippen LogP contribution in [-0.4, -0.2) is 0 Å². The molecule has 300 valence electrons. The molecular weight excluding hydrogens is 853 g/mol. The maximum Gasteiger partial charge on any atom is 0.0476 e. The Morgan fingerprint density at radius 1 is 0.203 bits per heavy atom. The zero-order valence-corrected chi connectivity index (χ0v) is 37.4. The van der Waals surface area contributed by atoms with Gasteiger partial charge >= 0.3 is 0 Å². The molecule has 0 aliphatic heterocycles. The second kappa shape index (κ2) is 14.2. The predicted octanol–water partition coefficient (Wildman–Crippen LogP) is 19.3. The lowest BCUT2D eigenvalue weighted by molar-refractivity contribution is 1.30. The van der Waals surface area contributed by atoms with Crippen molar-refractivity contribution in [3.63, 3.8) is 0 Å². The van der Waals surface area contributed by atoms with Crippen molar-refractivity contribution in [1.29, 1.82) is 0 Å². The molecule has 0 unspecified atom stereocenters. The van der Waals surface area contributed by atoms with Crippen molar-refractivity contribution in [2.75, 3.05) is 9.80 Å². The lowest BCUT2D eigenvalue weighted by Crippen LogP contribution is -2.09. The van der Waals surface area contributed by atoms with E-state index in [2.05, 4.69) is 216 Å². The van der Waals surface area contributed by atoms with Crippen molar-refractivity contribution in [1.82, 2.24) is 0 Å². The van der Waals surface area contributed by atoms with Gasteiger partial charge in [-0.15, -0.1) is 45.3 Å². The van der Waals surface area contributed by atoms with Gasteiger partial charge in [-0.1, -0.05) is 84.9 Å². The van der Waals surface area contributed by atoms with Gasteiger partial charge in [-0.2, -0.15) is 0 Å². The molecule has 64 heavy (non-hydrogen) atoms. The smallest absolute Gasteiger partial charge is 0.0476 e. The topological polar surface area (TPSA) is 6.48 Å². The minimum absolute atomic E-state index is 1.15. The first-order valence-corrected chi connectivity index (χ1v) is 24.7. The minimum Gasteiger partial charge on any atom is -0.310 e. The van der Waals surface area contributed by atoms with Crippen molar-refractivity contribution >= 4 is 171 Å². The number of rotatable bonds is 6. The Morgan fingerprint density at radius 2 is 0.531 bits per heavy atom. The van der Waals surface area contributed by atoms with Crippen molar-refractivity contribution in [3.05, 3.63) is 206 Å². The first kappa shape index (κ1) is 36.4. The average Bonchev–Trinajstić information content (AvgIpc) is 4.10. The fourth-order valence-electron chi connectivity index (χ4n) is 9.80. The van der Waals surface area contributed by atoms with E-state index in [0.717, 1.165) is 34.1 Å². The van der Waals surface area contributed by atoms with E-state index in [1.165, 1.54) is 91.5 Å². The highest BCUT2D eigenvalue weighted by Crippen LogP contribution is 2.47. The molecule has 0 spiro atoms. The number of nitrogens with zero attached hydrogens (tertiary/aromatic N) is 2. The van der Waals surface area contributed by atoms with Crippen LogP contribution >= 0.6 is 45.3 Å². The van der Waals surface area contributed by atoms with Gasteiger partial charge in [-0.25, -0.2) is 0 Å². The summed E-state index contributed by atoms with van der Waals surface area (Å²) < 4.78 is 10.5. The molecule has 14 rings (SSSR count). The maximum atomic E-state index is 2.42. The zero-order chi connectivity index (χ0) is 41.9. The van der Waals surface area contributed by atoms with Crippen LogP contribution < -0.4 is 9.80 Å². The van der Waals surface area contributed by atoms with Gasteiger partial charge in [0.2, 0.25) is 0 Å². The number of thiophene rings is 4. The quantitative estimate of drug-likeness (QED) is 0.164. The molecule has 0 aliphatic rings. The third-order valence-corrected chi connectivity index (χ3v) is 17.3. The number of hydrogen-bond acceptors (Lipinski definition) is 6. The molecule has 4 heterocycles. The van der Waals surface area contributed by atoms with Gasteiger partial charge in [0.25, 0.3) is 0 Å². The van der Waals surface area contributed by atoms with Crippen molar-refractivity contribution in [3.8, 4) is 0 Å². The molecule has 0 bridgehead atoms. The Morgan fingerprint density at radius 3 is 1.02 bits per heavy atom. The van der Waals surface area contributed by atoms with Crippen LogP contribution in [0.5, 0.6) is 0 Å². The fourth-order valence-corrected chi connectivity index (χ4v) is 14.3. The van der Waals surface area contributed by atoms with E-state index in [4.69, 9.17) is 0 Å². The summed E-state index contributed by atoms with van der Waals surface area (Å²) >= 11 is 7.51. The molecule has 0 atom stereocenters. The molecule has 0 amide bonds. The van der Waals surface area contributed by atoms with Crippen LogP contribution in [0.15, 0.2) is 206 Å². The summed E-state index contributed by atoms with van der Waals surface area (Å²) in [6.07, 6.45) is 0. The summed E-state index contributed by atoms with van der Waals surface area (Å²) in [6, 6.07) is 76.6. The molecule has 4 aromatic heterocycles. The van der Waals surface area contributed by atoms with Crippen LogP contribution in [0.25, 0.3) is 91.5 Å². The number of para-hydroxylation sites is 2. The van der Waals surface area contributed by atoms with E-state index < -0.39 is 0 Å². The monoisotopic (exact) mass is 886 g/mol. The maximum absolute atomic E-state index is 2.42. The van der Waals surface area contributed by atoms with Gasteiger partial charge in [0.1, 0.15) is 0 Å². The Kier molecular flexibility index (Phi) is 8.10. The highest BCUT2D eigenvalue weighted by Gasteiger charge is 2.19. The van der Waals surface area contributed by atoms with Crippen LogP contribution in [0.3, 0.4) is 0 Å². The number of fused-ring (bicyclic) bond motifs is 13. The fraction of sp³-hybridized carbons (Fsp3) is 0. The molecule has 0 saturated heterocycles. The van der Waals surface area contributed by atoms with E-state index in [1.807, 2.05) is 45.3 Å². The van der Waals surface area contributed by atoms with Gasteiger partial charge in [0, 0.05) is 115 Å². The van der Waals surface area contributed by atoms with Crippen LogP contribution in [0.1, 0.15) is 0 Å². The largest absolute Gasteiger partial charge is 0.310 e.